The predicted octanol–water partition coefficient (Wildman–Crippen LogP) is 29.0. The number of nitrogens with zero attached hydrogens (tertiary/aromatic N) is 1. The fourth-order valence-corrected chi connectivity index (χ4v) is 11.9. The van der Waals surface area contributed by atoms with Crippen molar-refractivity contribution in [3.8, 4) is 22.6 Å². The van der Waals surface area contributed by atoms with Gasteiger partial charge < -0.3 is 13.9 Å². The number of aryl methyl sites for hydroxylation is 10. The number of ether oxygens (including phenoxy) is 2. The van der Waals surface area contributed by atoms with Gasteiger partial charge in [0.25, 0.3) is 0 Å². The molecule has 0 aliphatic carbocycles. The lowest BCUT2D eigenvalue weighted by Gasteiger charge is -2.00. The molecule has 4 aromatic heterocycles. The summed E-state index contributed by atoms with van der Waals surface area (Å²) in [5, 5.41) is 7.69. The van der Waals surface area contributed by atoms with Crippen LogP contribution in [-0.2, 0) is 6.42 Å². The molecule has 0 unspecified atom stereocenters. The van der Waals surface area contributed by atoms with Crippen molar-refractivity contribution >= 4 is 111 Å². The summed E-state index contributed by atoms with van der Waals surface area (Å²) < 4.78 is 18.4. The predicted molar refractivity (Wildman–Crippen MR) is 435 cm³/mol. The van der Waals surface area contributed by atoms with E-state index in [0.717, 1.165) is 61.5 Å². The average molecular weight is 1430 g/mol. The third-order valence-corrected chi connectivity index (χ3v) is 17.7. The van der Waals surface area contributed by atoms with Crippen LogP contribution in [0.2, 0.25) is 20.1 Å². The van der Waals surface area contributed by atoms with Gasteiger partial charge in [0.05, 0.1) is 15.6 Å². The van der Waals surface area contributed by atoms with Crippen molar-refractivity contribution in [3.63, 3.8) is 0 Å². The Hall–Kier alpha value is -8.95. The smallest absolute Gasteiger partial charge is 0.231 e. The highest BCUT2D eigenvalue weighted by molar-refractivity contribution is 7.19. The highest BCUT2D eigenvalue weighted by Crippen LogP contribution is 2.32. The topological polar surface area (TPSA) is 44.5 Å². The Balaban J connectivity index is 0.000000174. The molecule has 0 fully saturated rings. The van der Waals surface area contributed by atoms with Crippen LogP contribution in [0.3, 0.4) is 0 Å². The number of fused-ring (bicyclic) bond motifs is 5. The number of halogens is 4. The summed E-state index contributed by atoms with van der Waals surface area (Å²) in [6, 6.07) is 100. The fourth-order valence-electron chi connectivity index (χ4n) is 9.34. The lowest BCUT2D eigenvalue weighted by atomic mass is 10.0. The van der Waals surface area contributed by atoms with Crippen molar-refractivity contribution in [2.75, 3.05) is 6.79 Å². The molecular weight excluding hydrogens is 1340 g/mol. The molecule has 5 heterocycles. The van der Waals surface area contributed by atoms with Gasteiger partial charge in [0.2, 0.25) is 6.79 Å². The third-order valence-electron chi connectivity index (χ3n) is 14.4. The maximum Gasteiger partial charge on any atom is 0.231 e. The van der Waals surface area contributed by atoms with E-state index in [2.05, 4.69) is 198 Å². The summed E-state index contributed by atoms with van der Waals surface area (Å²) in [5.74, 6) is 2.63. The van der Waals surface area contributed by atoms with Crippen molar-refractivity contribution in [2.45, 2.75) is 89.5 Å². The van der Waals surface area contributed by atoms with E-state index in [-0.39, 0.29) is 0 Å². The minimum absolute atomic E-state index is 0.360. The Bertz CT molecular complexity index is 4600. The van der Waals surface area contributed by atoms with Gasteiger partial charge in [0.1, 0.15) is 11.3 Å². The Kier molecular flexibility index (Phi) is 34.7. The highest BCUT2D eigenvalue weighted by Gasteiger charge is 2.11. The molecule has 0 radical (unpaired) electrons. The van der Waals surface area contributed by atoms with Gasteiger partial charge in [-0.2, -0.15) is 0 Å². The van der Waals surface area contributed by atoms with Crippen molar-refractivity contribution in [2.24, 2.45) is 0 Å². The molecule has 11 aromatic carbocycles. The van der Waals surface area contributed by atoms with E-state index >= 15 is 0 Å². The van der Waals surface area contributed by atoms with Crippen molar-refractivity contribution in [1.82, 2.24) is 4.98 Å². The molecule has 99 heavy (non-hydrogen) atoms. The van der Waals surface area contributed by atoms with Crippen LogP contribution in [0.1, 0.15) is 75.4 Å². The first-order chi connectivity index (χ1) is 47.9. The van der Waals surface area contributed by atoms with Crippen LogP contribution in [0.25, 0.3) is 53.2 Å². The van der Waals surface area contributed by atoms with Crippen molar-refractivity contribution in [3.05, 3.63) is 372 Å². The Morgan fingerprint density at radius 2 is 0.828 bits per heavy atom. The highest BCUT2D eigenvalue weighted by atomic mass is 35.5. The number of pyridine rings is 1. The number of furan rings is 1. The van der Waals surface area contributed by atoms with Crippen molar-refractivity contribution < 1.29 is 13.9 Å². The van der Waals surface area contributed by atoms with E-state index < -0.39 is 0 Å². The molecule has 16 rings (SSSR count). The van der Waals surface area contributed by atoms with Crippen LogP contribution in [-0.4, -0.2) is 11.8 Å². The first-order valence-electron chi connectivity index (χ1n) is 32.9. The molecule has 0 spiro atoms. The number of para-hydroxylation sites is 1. The van der Waals surface area contributed by atoms with Gasteiger partial charge in [0, 0.05) is 45.7 Å². The molecule has 0 saturated heterocycles. The molecule has 0 amide bonds. The normalized spacial score (nSPS) is 10.2. The summed E-state index contributed by atoms with van der Waals surface area (Å²) >= 11 is 26.6. The van der Waals surface area contributed by atoms with Crippen LogP contribution in [0.4, 0.5) is 0 Å². The standard InChI is InChI=1S/C13H12.C10H9N.C9H7ClO.C9H7ClS.C9H8S.C8H8O2.C8H10.C7H6Cl2.2C7H8.C2H6/c1-11-7-9-13(10-8-11)12-5-3-2-4-6-12;1-8-6-7-9-4-2-3-5-10(9)11-8;2*1-6-4-7-5-8(10)2-3-9(7)11-6;1-7-6-8-4-2-3-5-9(8)10-7;1-6-2-3-7-8(4-6)10-5-9-7;1-2-8-6-4-3-5-7-8;1-5-2-3-6(8)7(9)4-5;2*1-7-5-3-2-4-6-7;1-2/h2-10H,1H3;2-7H,1H3;2*2-5H,1H3;2-6H,1H3;2-4H,5H2,1H3;3-7H,2H2,1H3;2-4H,1H3;2*2-6H,1H3;1-2H3. The lowest BCUT2D eigenvalue weighted by Crippen LogP contribution is -1.92. The second kappa shape index (κ2) is 43.5. The minimum Gasteiger partial charge on any atom is -0.461 e. The number of thiophene rings is 2. The molecule has 0 bridgehead atoms. The van der Waals surface area contributed by atoms with E-state index in [4.69, 9.17) is 60.3 Å². The molecule has 0 atom stereocenters. The average Bonchev–Trinajstić information content (AvgIpc) is 1.78. The lowest BCUT2D eigenvalue weighted by molar-refractivity contribution is 0.174. The van der Waals surface area contributed by atoms with E-state index in [1.54, 1.807) is 17.4 Å². The van der Waals surface area contributed by atoms with Crippen LogP contribution in [0, 0.1) is 62.3 Å². The van der Waals surface area contributed by atoms with E-state index in [0.29, 0.717) is 16.8 Å². The molecule has 1 aliphatic rings. The monoisotopic (exact) mass is 1420 g/mol. The second-order valence-corrected chi connectivity index (χ2v) is 27.0. The Morgan fingerprint density at radius 1 is 0.354 bits per heavy atom. The van der Waals surface area contributed by atoms with Crippen LogP contribution in [0.5, 0.6) is 11.5 Å². The quantitative estimate of drug-likeness (QED) is 0.173. The van der Waals surface area contributed by atoms with Crippen molar-refractivity contribution in [1.29, 1.82) is 0 Å². The molecule has 10 heteroatoms. The second-order valence-electron chi connectivity index (χ2n) is 22.8. The number of rotatable bonds is 2. The summed E-state index contributed by atoms with van der Waals surface area (Å²) in [6.07, 6.45) is 1.14. The number of benzene rings is 11. The molecule has 1 aliphatic heterocycles. The fraction of sp³-hybridized carbons (Fsp3) is 0.157. The zero-order valence-electron chi connectivity index (χ0n) is 58.7. The summed E-state index contributed by atoms with van der Waals surface area (Å²) in [7, 11) is 0. The number of aromatic nitrogens is 1. The molecule has 0 saturated carbocycles. The molecule has 0 N–H and O–H groups in total. The first-order valence-corrected chi connectivity index (χ1v) is 36.1. The van der Waals surface area contributed by atoms with E-state index in [1.165, 1.54) is 74.3 Å². The largest absolute Gasteiger partial charge is 0.461 e. The van der Waals surface area contributed by atoms with Gasteiger partial charge in [-0.05, 0) is 204 Å². The molecular formula is C89H89Cl4NO3S2. The zero-order chi connectivity index (χ0) is 71.3. The first kappa shape index (κ1) is 79.0. The maximum atomic E-state index is 5.83. The molecule has 508 valence electrons. The van der Waals surface area contributed by atoms with Gasteiger partial charge in [0.15, 0.2) is 11.5 Å². The molecule has 15 aromatic rings. The Labute approximate surface area is 616 Å². The van der Waals surface area contributed by atoms with Gasteiger partial charge in [-0.15, -0.1) is 22.7 Å². The van der Waals surface area contributed by atoms with Crippen LogP contribution >= 0.6 is 69.1 Å². The van der Waals surface area contributed by atoms with Gasteiger partial charge in [-0.25, -0.2) is 0 Å². The van der Waals surface area contributed by atoms with E-state index in [9.17, 15) is 0 Å². The van der Waals surface area contributed by atoms with Gasteiger partial charge in [-0.3, -0.25) is 4.98 Å². The summed E-state index contributed by atoms with van der Waals surface area (Å²) in [5.41, 5.74) is 13.3. The van der Waals surface area contributed by atoms with Gasteiger partial charge >= 0.3 is 0 Å². The van der Waals surface area contributed by atoms with Crippen LogP contribution in [0.15, 0.2) is 302 Å². The SMILES string of the molecule is CC.CCc1ccccc1.Cc1cc2cc(Cl)ccc2o1.Cc1cc2cc(Cl)ccc2s1.Cc1cc2ccccc2s1.Cc1ccc(-c2ccccc2)cc1.Cc1ccc(Cl)c(Cl)c1.Cc1ccc2c(c1)OCO2.Cc1ccc2ccccc2n1.Cc1ccccc1.Cc1ccccc1. The number of hydrogen-bond donors (Lipinski definition) is 0. The Morgan fingerprint density at radius 3 is 1.39 bits per heavy atom. The van der Waals surface area contributed by atoms with Gasteiger partial charge in [-0.1, -0.05) is 284 Å². The molecule has 4 nitrogen and oxygen atoms in total. The van der Waals surface area contributed by atoms with Crippen LogP contribution < -0.4 is 9.47 Å². The zero-order valence-corrected chi connectivity index (χ0v) is 63.4. The minimum atomic E-state index is 0.360. The summed E-state index contributed by atoms with van der Waals surface area (Å²) in [4.78, 5) is 7.10. The third kappa shape index (κ3) is 29.2. The number of hydrogen-bond acceptors (Lipinski definition) is 6. The van der Waals surface area contributed by atoms with E-state index in [1.807, 2.05) is 192 Å². The maximum absolute atomic E-state index is 5.83. The summed E-state index contributed by atoms with van der Waals surface area (Å²) in [6.45, 7) is 25.0.